The van der Waals surface area contributed by atoms with E-state index >= 15 is 0 Å². The molecule has 1 saturated heterocycles. The minimum Gasteiger partial charge on any atom is -0.337 e. The highest BCUT2D eigenvalue weighted by atomic mass is 35.5. The molecule has 1 rings (SSSR count). The van der Waals surface area contributed by atoms with Crippen LogP contribution < -0.4 is 5.32 Å². The number of carbonyl (C=O) groups excluding carboxylic acids is 1. The molecule has 120 valence electrons. The molecule has 0 aliphatic carbocycles. The number of likely N-dealkylation sites (N-methyl/N-ethyl adjacent to an activating group) is 1. The van der Waals surface area contributed by atoms with Crippen LogP contribution in [0.4, 0.5) is 0 Å². The van der Waals surface area contributed by atoms with Crippen molar-refractivity contribution in [3.63, 3.8) is 0 Å². The highest BCUT2D eigenvalue weighted by molar-refractivity contribution is 5.85. The third kappa shape index (κ3) is 5.98. The van der Waals surface area contributed by atoms with Gasteiger partial charge in [0.25, 0.3) is 0 Å². The van der Waals surface area contributed by atoms with E-state index in [0.29, 0.717) is 12.6 Å². The lowest BCUT2D eigenvalue weighted by Gasteiger charge is -2.34. The first-order valence-electron chi connectivity index (χ1n) is 7.65. The number of carbonyl (C=O) groups is 1. The summed E-state index contributed by atoms with van der Waals surface area (Å²) in [5.74, 6) is 0.254. The van der Waals surface area contributed by atoms with Crippen LogP contribution in [0.2, 0.25) is 0 Å². The SMILES string of the molecule is CC(C)N(C(=O)CN(C)C1CCCNCC1)C(C)C.Cl. The number of amides is 1. The van der Waals surface area contributed by atoms with Crippen molar-refractivity contribution < 1.29 is 4.79 Å². The molecular weight excluding hydrogens is 274 g/mol. The van der Waals surface area contributed by atoms with E-state index in [0.717, 1.165) is 19.5 Å². The van der Waals surface area contributed by atoms with Crippen LogP contribution in [0.3, 0.4) is 0 Å². The Morgan fingerprint density at radius 3 is 2.30 bits per heavy atom. The van der Waals surface area contributed by atoms with Gasteiger partial charge in [-0.15, -0.1) is 12.4 Å². The van der Waals surface area contributed by atoms with Gasteiger partial charge in [-0.2, -0.15) is 0 Å². The molecule has 1 aliphatic heterocycles. The average molecular weight is 306 g/mol. The van der Waals surface area contributed by atoms with E-state index in [4.69, 9.17) is 0 Å². The van der Waals surface area contributed by atoms with Gasteiger partial charge in [-0.25, -0.2) is 0 Å². The normalized spacial score (nSPS) is 19.9. The second-order valence-electron chi connectivity index (χ2n) is 6.24. The van der Waals surface area contributed by atoms with Crippen LogP contribution in [0.5, 0.6) is 0 Å². The predicted octanol–water partition coefficient (Wildman–Crippen LogP) is 2.13. The summed E-state index contributed by atoms with van der Waals surface area (Å²) in [4.78, 5) is 16.7. The fourth-order valence-electron chi connectivity index (χ4n) is 3.04. The summed E-state index contributed by atoms with van der Waals surface area (Å²) in [5, 5.41) is 3.42. The van der Waals surface area contributed by atoms with Gasteiger partial charge >= 0.3 is 0 Å². The highest BCUT2D eigenvalue weighted by Gasteiger charge is 2.24. The molecule has 0 radical (unpaired) electrons. The molecule has 1 amide bonds. The molecule has 1 fully saturated rings. The van der Waals surface area contributed by atoms with Gasteiger partial charge in [0, 0.05) is 18.1 Å². The number of rotatable bonds is 5. The van der Waals surface area contributed by atoms with Gasteiger partial charge in [-0.3, -0.25) is 9.69 Å². The Labute approximate surface area is 130 Å². The van der Waals surface area contributed by atoms with Gasteiger partial charge < -0.3 is 10.2 Å². The third-order valence-corrected chi connectivity index (χ3v) is 3.95. The smallest absolute Gasteiger partial charge is 0.237 e. The predicted molar refractivity (Wildman–Crippen MR) is 87.5 cm³/mol. The summed E-state index contributed by atoms with van der Waals surface area (Å²) in [6.45, 7) is 11.1. The monoisotopic (exact) mass is 305 g/mol. The van der Waals surface area contributed by atoms with Crippen molar-refractivity contribution in [1.82, 2.24) is 15.1 Å². The maximum atomic E-state index is 12.4. The largest absolute Gasteiger partial charge is 0.337 e. The quantitative estimate of drug-likeness (QED) is 0.845. The first kappa shape index (κ1) is 19.7. The molecule has 1 atom stereocenters. The van der Waals surface area contributed by atoms with Gasteiger partial charge in [0.1, 0.15) is 0 Å². The lowest BCUT2D eigenvalue weighted by atomic mass is 10.1. The topological polar surface area (TPSA) is 35.6 Å². The van der Waals surface area contributed by atoms with Crippen LogP contribution in [-0.2, 0) is 4.79 Å². The maximum absolute atomic E-state index is 12.4. The van der Waals surface area contributed by atoms with Crippen molar-refractivity contribution in [2.45, 2.75) is 65.1 Å². The average Bonchev–Trinajstić information content (AvgIpc) is 2.55. The fraction of sp³-hybridized carbons (Fsp3) is 0.933. The van der Waals surface area contributed by atoms with Gasteiger partial charge in [0.15, 0.2) is 0 Å². The van der Waals surface area contributed by atoms with Crippen LogP contribution in [-0.4, -0.2) is 60.5 Å². The van der Waals surface area contributed by atoms with E-state index in [9.17, 15) is 4.79 Å². The number of hydrogen-bond acceptors (Lipinski definition) is 3. The van der Waals surface area contributed by atoms with E-state index in [1.807, 2.05) is 4.90 Å². The molecule has 0 bridgehead atoms. The molecule has 4 nitrogen and oxygen atoms in total. The Morgan fingerprint density at radius 1 is 1.15 bits per heavy atom. The number of nitrogens with one attached hydrogen (secondary N) is 1. The van der Waals surface area contributed by atoms with Gasteiger partial charge in [-0.05, 0) is 67.1 Å². The minimum atomic E-state index is 0. The summed E-state index contributed by atoms with van der Waals surface area (Å²) >= 11 is 0. The molecule has 1 unspecified atom stereocenters. The Morgan fingerprint density at radius 2 is 1.75 bits per heavy atom. The zero-order valence-corrected chi connectivity index (χ0v) is 14.5. The zero-order chi connectivity index (χ0) is 14.4. The van der Waals surface area contributed by atoms with Crippen molar-refractivity contribution in [3.8, 4) is 0 Å². The van der Waals surface area contributed by atoms with E-state index in [1.165, 1.54) is 12.8 Å². The van der Waals surface area contributed by atoms with Crippen LogP contribution >= 0.6 is 12.4 Å². The number of hydrogen-bond donors (Lipinski definition) is 1. The van der Waals surface area contributed by atoms with E-state index < -0.39 is 0 Å². The fourth-order valence-corrected chi connectivity index (χ4v) is 3.04. The van der Waals surface area contributed by atoms with Gasteiger partial charge in [0.2, 0.25) is 5.91 Å². The molecule has 5 heteroatoms. The van der Waals surface area contributed by atoms with Crippen LogP contribution in [0.15, 0.2) is 0 Å². The molecule has 1 aliphatic rings. The first-order chi connectivity index (χ1) is 8.93. The second kappa shape index (κ2) is 9.59. The van der Waals surface area contributed by atoms with Crippen molar-refractivity contribution in [2.24, 2.45) is 0 Å². The summed E-state index contributed by atoms with van der Waals surface area (Å²) < 4.78 is 0. The Bertz CT molecular complexity index is 268. The zero-order valence-electron chi connectivity index (χ0n) is 13.7. The van der Waals surface area contributed by atoms with Crippen LogP contribution in [0.1, 0.15) is 47.0 Å². The molecule has 0 aromatic heterocycles. The molecule has 20 heavy (non-hydrogen) atoms. The molecule has 0 aromatic rings. The van der Waals surface area contributed by atoms with Crippen molar-refractivity contribution in [3.05, 3.63) is 0 Å². The maximum Gasteiger partial charge on any atom is 0.237 e. The molecule has 1 heterocycles. The third-order valence-electron chi connectivity index (χ3n) is 3.95. The van der Waals surface area contributed by atoms with E-state index in [-0.39, 0.29) is 30.4 Å². The number of nitrogens with zero attached hydrogens (tertiary/aromatic N) is 2. The highest BCUT2D eigenvalue weighted by Crippen LogP contribution is 2.13. The van der Waals surface area contributed by atoms with Gasteiger partial charge in [-0.1, -0.05) is 0 Å². The molecule has 0 saturated carbocycles. The van der Waals surface area contributed by atoms with E-state index in [2.05, 4.69) is 45.0 Å². The summed E-state index contributed by atoms with van der Waals surface area (Å²) in [6, 6.07) is 1.09. The van der Waals surface area contributed by atoms with Gasteiger partial charge in [0.05, 0.1) is 6.54 Å². The molecule has 0 aromatic carbocycles. The van der Waals surface area contributed by atoms with Crippen molar-refractivity contribution >= 4 is 18.3 Å². The first-order valence-corrected chi connectivity index (χ1v) is 7.65. The Kier molecular flexibility index (Phi) is 9.43. The summed E-state index contributed by atoms with van der Waals surface area (Å²) in [7, 11) is 2.09. The van der Waals surface area contributed by atoms with Crippen LogP contribution in [0, 0.1) is 0 Å². The lowest BCUT2D eigenvalue weighted by Crippen LogP contribution is -2.48. The second-order valence-corrected chi connectivity index (χ2v) is 6.24. The van der Waals surface area contributed by atoms with Crippen molar-refractivity contribution in [2.75, 3.05) is 26.7 Å². The minimum absolute atomic E-state index is 0. The number of halogens is 1. The molecule has 1 N–H and O–H groups in total. The lowest BCUT2D eigenvalue weighted by molar-refractivity contribution is -0.136. The Hall–Kier alpha value is -0.320. The summed E-state index contributed by atoms with van der Waals surface area (Å²) in [6.07, 6.45) is 3.55. The standard InChI is InChI=1S/C15H31N3O.ClH/c1-12(2)18(13(3)4)15(19)11-17(5)14-7-6-9-16-10-8-14;/h12-14,16H,6-11H2,1-5H3;1H. The van der Waals surface area contributed by atoms with E-state index in [1.54, 1.807) is 0 Å². The Balaban J connectivity index is 0.00000361. The van der Waals surface area contributed by atoms with Crippen molar-refractivity contribution in [1.29, 1.82) is 0 Å². The van der Waals surface area contributed by atoms with Crippen LogP contribution in [0.25, 0.3) is 0 Å². The summed E-state index contributed by atoms with van der Waals surface area (Å²) in [5.41, 5.74) is 0. The molecule has 0 spiro atoms. The molecular formula is C15H32ClN3O.